The summed E-state index contributed by atoms with van der Waals surface area (Å²) in [6.45, 7) is 5.11. The van der Waals surface area contributed by atoms with Crippen LogP contribution in [0.3, 0.4) is 0 Å². The number of carbonyl (C=O) groups excluding carboxylic acids is 2. The van der Waals surface area contributed by atoms with Crippen LogP contribution in [-0.2, 0) is 9.53 Å². The van der Waals surface area contributed by atoms with Gasteiger partial charge in [-0.05, 0) is 41.2 Å². The number of likely N-dealkylation sites (tertiary alicyclic amines) is 1. The first kappa shape index (κ1) is 17.9. The van der Waals surface area contributed by atoms with Crippen molar-refractivity contribution >= 4 is 28.3 Å². The maximum Gasteiger partial charge on any atom is 0.407 e. The van der Waals surface area contributed by atoms with Gasteiger partial charge in [0.05, 0.1) is 19.3 Å². The summed E-state index contributed by atoms with van der Waals surface area (Å²) in [5.41, 5.74) is -0.987. The van der Waals surface area contributed by atoms with Crippen LogP contribution in [-0.4, -0.2) is 53.0 Å². The Morgan fingerprint density at radius 1 is 1.70 bits per heavy atom. The van der Waals surface area contributed by atoms with Crippen molar-refractivity contribution in [2.45, 2.75) is 38.3 Å². The Hall–Kier alpha value is -1.41. The highest BCUT2D eigenvalue weighted by molar-refractivity contribution is 9.10. The number of alkyl carbamates (subject to hydrolysis) is 1. The Kier molecular flexibility index (Phi) is 5.80. The number of carbonyl (C=O) groups is 2. The van der Waals surface area contributed by atoms with Crippen molar-refractivity contribution in [3.8, 4) is 0 Å². The molecule has 0 spiro atoms. The first-order valence-corrected chi connectivity index (χ1v) is 8.48. The maximum absolute atomic E-state index is 11.8. The van der Waals surface area contributed by atoms with Crippen molar-refractivity contribution in [1.82, 2.24) is 20.2 Å². The second kappa shape index (κ2) is 7.44. The number of imidazole rings is 1. The fourth-order valence-corrected chi connectivity index (χ4v) is 3.26. The van der Waals surface area contributed by atoms with Crippen LogP contribution in [0.15, 0.2) is 10.8 Å². The van der Waals surface area contributed by atoms with Crippen molar-refractivity contribution in [3.63, 3.8) is 0 Å². The first-order chi connectivity index (χ1) is 10.9. The summed E-state index contributed by atoms with van der Waals surface area (Å²) in [5, 5.41) is 2.72. The van der Waals surface area contributed by atoms with Gasteiger partial charge in [-0.1, -0.05) is 13.8 Å². The number of nitrogens with zero attached hydrogens (tertiary/aromatic N) is 2. The molecule has 2 rings (SSSR count). The summed E-state index contributed by atoms with van der Waals surface area (Å²) >= 11 is 3.37. The number of amides is 1. The molecular weight excluding hydrogens is 364 g/mol. The number of aromatic amines is 1. The van der Waals surface area contributed by atoms with Crippen molar-refractivity contribution in [3.05, 3.63) is 16.6 Å². The molecule has 1 amide bonds. The Morgan fingerprint density at radius 2 is 2.43 bits per heavy atom. The summed E-state index contributed by atoms with van der Waals surface area (Å²) in [6, 6.07) is 0.110. The van der Waals surface area contributed by atoms with Gasteiger partial charge in [0, 0.05) is 6.54 Å². The number of hydrogen-bond acceptors (Lipinski definition) is 5. The van der Waals surface area contributed by atoms with Crippen LogP contribution in [0.25, 0.3) is 0 Å². The monoisotopic (exact) mass is 386 g/mol. The standard InChI is InChI=1S/C15H23BrN4O3/c1-10(2)15(9-21,19-14(22)23-3)8-20-6-4-5-11(20)13-17-7-12(16)18-13/h7,9-11H,4-6,8H2,1-3H3,(H,17,18)(H,19,22)/t11?,15-/m1/s1. The molecule has 1 aromatic heterocycles. The molecule has 1 aliphatic rings. The molecule has 0 bridgehead atoms. The van der Waals surface area contributed by atoms with Gasteiger partial charge in [-0.3, -0.25) is 4.90 Å². The van der Waals surface area contributed by atoms with E-state index >= 15 is 0 Å². The third-order valence-electron chi connectivity index (χ3n) is 4.47. The van der Waals surface area contributed by atoms with Crippen LogP contribution in [0.5, 0.6) is 0 Å². The average Bonchev–Trinajstić information content (AvgIpc) is 3.14. The molecule has 0 aromatic carbocycles. The predicted octanol–water partition coefficient (Wildman–Crippen LogP) is 2.26. The number of halogens is 1. The molecule has 1 aromatic rings. The zero-order valence-corrected chi connectivity index (χ0v) is 15.2. The predicted molar refractivity (Wildman–Crippen MR) is 89.0 cm³/mol. The van der Waals surface area contributed by atoms with E-state index in [0.717, 1.165) is 36.1 Å². The molecule has 8 heteroatoms. The molecule has 128 valence electrons. The van der Waals surface area contributed by atoms with Gasteiger partial charge in [-0.2, -0.15) is 0 Å². The third-order valence-corrected chi connectivity index (χ3v) is 4.87. The lowest BCUT2D eigenvalue weighted by Gasteiger charge is -2.37. The molecular formula is C15H23BrN4O3. The van der Waals surface area contributed by atoms with Gasteiger partial charge in [0.2, 0.25) is 0 Å². The van der Waals surface area contributed by atoms with Crippen LogP contribution in [0.4, 0.5) is 4.79 Å². The molecule has 7 nitrogen and oxygen atoms in total. The number of rotatable bonds is 6. The smallest absolute Gasteiger partial charge is 0.407 e. The van der Waals surface area contributed by atoms with Crippen molar-refractivity contribution in [1.29, 1.82) is 0 Å². The number of methoxy groups -OCH3 is 1. The van der Waals surface area contributed by atoms with Gasteiger partial charge in [0.15, 0.2) is 0 Å². The Morgan fingerprint density at radius 3 is 2.96 bits per heavy atom. The summed E-state index contributed by atoms with van der Waals surface area (Å²) in [6.07, 6.45) is 3.94. The van der Waals surface area contributed by atoms with Crippen molar-refractivity contribution < 1.29 is 14.3 Å². The lowest BCUT2D eigenvalue weighted by Crippen LogP contribution is -2.60. The van der Waals surface area contributed by atoms with E-state index in [1.54, 1.807) is 6.20 Å². The number of ether oxygens (including phenoxy) is 1. The number of aromatic nitrogens is 2. The third kappa shape index (κ3) is 3.92. The van der Waals surface area contributed by atoms with Crippen molar-refractivity contribution in [2.24, 2.45) is 5.92 Å². The largest absolute Gasteiger partial charge is 0.453 e. The minimum Gasteiger partial charge on any atom is -0.453 e. The van der Waals surface area contributed by atoms with E-state index < -0.39 is 11.6 Å². The van der Waals surface area contributed by atoms with Gasteiger partial charge in [-0.15, -0.1) is 0 Å². The van der Waals surface area contributed by atoms with Gasteiger partial charge < -0.3 is 19.8 Å². The molecule has 23 heavy (non-hydrogen) atoms. The van der Waals surface area contributed by atoms with E-state index in [0.29, 0.717) is 6.54 Å². The molecule has 2 atom stereocenters. The molecule has 0 aliphatic carbocycles. The van der Waals surface area contributed by atoms with Gasteiger partial charge in [0.25, 0.3) is 0 Å². The van der Waals surface area contributed by atoms with Gasteiger partial charge in [-0.25, -0.2) is 9.78 Å². The zero-order chi connectivity index (χ0) is 17.0. The quantitative estimate of drug-likeness (QED) is 0.732. The maximum atomic E-state index is 11.8. The lowest BCUT2D eigenvalue weighted by atomic mass is 9.87. The van der Waals surface area contributed by atoms with Crippen LogP contribution in [0.2, 0.25) is 0 Å². The summed E-state index contributed by atoms with van der Waals surface area (Å²) in [5.74, 6) is 0.805. The van der Waals surface area contributed by atoms with Gasteiger partial charge in [0.1, 0.15) is 22.3 Å². The minimum atomic E-state index is -0.987. The highest BCUT2D eigenvalue weighted by Gasteiger charge is 2.41. The fraction of sp³-hybridized carbons (Fsp3) is 0.667. The number of H-pyrrole nitrogens is 1. The highest BCUT2D eigenvalue weighted by Crippen LogP contribution is 2.33. The number of nitrogens with one attached hydrogen (secondary N) is 2. The molecule has 2 N–H and O–H groups in total. The van der Waals surface area contributed by atoms with Crippen molar-refractivity contribution in [2.75, 3.05) is 20.2 Å². The molecule has 1 unspecified atom stereocenters. The summed E-state index contributed by atoms with van der Waals surface area (Å²) in [7, 11) is 1.30. The topological polar surface area (TPSA) is 87.3 Å². The van der Waals surface area contributed by atoms with E-state index in [1.807, 2.05) is 13.8 Å². The molecule has 2 heterocycles. The van der Waals surface area contributed by atoms with E-state index in [4.69, 9.17) is 0 Å². The first-order valence-electron chi connectivity index (χ1n) is 7.68. The normalized spacial score (nSPS) is 21.2. The van der Waals surface area contributed by atoms with E-state index in [9.17, 15) is 9.59 Å². The van der Waals surface area contributed by atoms with Crippen LogP contribution in [0.1, 0.15) is 38.6 Å². The van der Waals surface area contributed by atoms with E-state index in [2.05, 4.69) is 40.9 Å². The molecule has 1 saturated heterocycles. The Labute approximate surface area is 144 Å². The minimum absolute atomic E-state index is 0.0660. The summed E-state index contributed by atoms with van der Waals surface area (Å²) in [4.78, 5) is 33.3. The lowest BCUT2D eigenvalue weighted by molar-refractivity contribution is -0.115. The highest BCUT2D eigenvalue weighted by atomic mass is 79.9. The second-order valence-corrected chi connectivity index (χ2v) is 7.03. The number of aldehydes is 1. The summed E-state index contributed by atoms with van der Waals surface area (Å²) < 4.78 is 5.52. The Balaban J connectivity index is 2.20. The van der Waals surface area contributed by atoms with Crippen LogP contribution >= 0.6 is 15.9 Å². The second-order valence-electron chi connectivity index (χ2n) is 6.17. The number of hydrogen-bond donors (Lipinski definition) is 2. The van der Waals surface area contributed by atoms with E-state index in [1.165, 1.54) is 7.11 Å². The SMILES string of the molecule is COC(=O)N[C@@](C=O)(CN1CCCC1c1ncc(Br)[nH]1)C(C)C. The molecule has 1 fully saturated rings. The van der Waals surface area contributed by atoms with E-state index in [-0.39, 0.29) is 12.0 Å². The average molecular weight is 387 g/mol. The van der Waals surface area contributed by atoms with Crippen LogP contribution < -0.4 is 5.32 Å². The Bertz CT molecular complexity index is 563. The van der Waals surface area contributed by atoms with Crippen LogP contribution in [0, 0.1) is 5.92 Å². The zero-order valence-electron chi connectivity index (χ0n) is 13.6. The molecule has 0 saturated carbocycles. The molecule has 0 radical (unpaired) electrons. The molecule has 1 aliphatic heterocycles. The van der Waals surface area contributed by atoms with Gasteiger partial charge >= 0.3 is 6.09 Å². The fourth-order valence-electron chi connectivity index (χ4n) is 2.95.